The van der Waals surface area contributed by atoms with Crippen LogP contribution in [0.25, 0.3) is 0 Å². The standard InChI is InChI=1S/C37H58O3/c1-15-25-21-26(33(7,8)17-3)24-30(36(13,14)20-6)37(25,40-31(38)16-2)29-23-27(34(9,10)18-4)22-28(32(29)39)35(11,12)19-5/h16,21-25,39H,2,15,17-20H2,1,3-14H3. The SMILES string of the molecule is C=CC(=O)OC1(c2cc(C(C)(C)CC)cc(C(C)(C)CC)c2O)C(C(C)(C)CC)=CC(C(C)(C)CC)=CC1CC. The number of phenols is 1. The van der Waals surface area contributed by atoms with E-state index in [-0.39, 0.29) is 33.3 Å². The lowest BCUT2D eigenvalue weighted by molar-refractivity contribution is -0.157. The van der Waals surface area contributed by atoms with Crippen LogP contribution in [0, 0.1) is 16.7 Å². The van der Waals surface area contributed by atoms with E-state index in [0.717, 1.165) is 48.8 Å². The Hall–Kier alpha value is -2.29. The molecule has 1 aromatic carbocycles. The van der Waals surface area contributed by atoms with Crippen molar-refractivity contribution in [3.05, 3.63) is 64.8 Å². The number of ether oxygens (including phenoxy) is 1. The van der Waals surface area contributed by atoms with E-state index >= 15 is 0 Å². The molecule has 2 unspecified atom stereocenters. The van der Waals surface area contributed by atoms with E-state index in [9.17, 15) is 9.90 Å². The molecule has 2 rings (SSSR count). The highest BCUT2D eigenvalue weighted by Crippen LogP contribution is 2.58. The van der Waals surface area contributed by atoms with Gasteiger partial charge in [0, 0.05) is 23.1 Å². The van der Waals surface area contributed by atoms with Crippen LogP contribution in [0.5, 0.6) is 5.75 Å². The monoisotopic (exact) mass is 550 g/mol. The van der Waals surface area contributed by atoms with Gasteiger partial charge in [-0.05, 0) is 76.5 Å². The molecule has 40 heavy (non-hydrogen) atoms. The summed E-state index contributed by atoms with van der Waals surface area (Å²) in [6.45, 7) is 32.6. The Morgan fingerprint density at radius 2 is 1.40 bits per heavy atom. The molecule has 0 aliphatic heterocycles. The molecule has 0 bridgehead atoms. The molecule has 224 valence electrons. The number of aromatic hydroxyl groups is 1. The van der Waals surface area contributed by atoms with Gasteiger partial charge < -0.3 is 9.84 Å². The van der Waals surface area contributed by atoms with E-state index in [4.69, 9.17) is 4.74 Å². The second kappa shape index (κ2) is 11.9. The average molecular weight is 551 g/mol. The third-order valence-corrected chi connectivity index (χ3v) is 10.5. The topological polar surface area (TPSA) is 46.5 Å². The molecule has 0 aromatic heterocycles. The number of benzene rings is 1. The maximum atomic E-state index is 13.3. The van der Waals surface area contributed by atoms with Gasteiger partial charge >= 0.3 is 5.97 Å². The summed E-state index contributed by atoms with van der Waals surface area (Å²) in [4.78, 5) is 13.3. The normalized spacial score (nSPS) is 20.6. The van der Waals surface area contributed by atoms with Crippen LogP contribution in [0.4, 0.5) is 0 Å². The van der Waals surface area contributed by atoms with Crippen molar-refractivity contribution in [3.8, 4) is 5.75 Å². The van der Waals surface area contributed by atoms with Gasteiger partial charge in [-0.3, -0.25) is 0 Å². The molecule has 1 N–H and O–H groups in total. The number of hydrogen-bond donors (Lipinski definition) is 1. The van der Waals surface area contributed by atoms with Gasteiger partial charge in [0.2, 0.25) is 0 Å². The van der Waals surface area contributed by atoms with Crippen molar-refractivity contribution in [2.24, 2.45) is 16.7 Å². The molecule has 3 heteroatoms. The first-order chi connectivity index (χ1) is 18.3. The van der Waals surface area contributed by atoms with E-state index in [1.54, 1.807) is 0 Å². The highest BCUT2D eigenvalue weighted by Gasteiger charge is 2.54. The molecule has 1 aliphatic carbocycles. The van der Waals surface area contributed by atoms with Crippen molar-refractivity contribution in [1.29, 1.82) is 0 Å². The summed E-state index contributed by atoms with van der Waals surface area (Å²) < 4.78 is 6.67. The lowest BCUT2D eigenvalue weighted by Crippen LogP contribution is -2.47. The van der Waals surface area contributed by atoms with Crippen LogP contribution < -0.4 is 0 Å². The molecule has 0 saturated heterocycles. The van der Waals surface area contributed by atoms with Crippen LogP contribution in [-0.2, 0) is 26.0 Å². The predicted octanol–water partition coefficient (Wildman–Crippen LogP) is 10.5. The minimum Gasteiger partial charge on any atom is -0.507 e. The minimum atomic E-state index is -1.17. The second-order valence-electron chi connectivity index (χ2n) is 14.4. The predicted molar refractivity (Wildman–Crippen MR) is 171 cm³/mol. The Morgan fingerprint density at radius 1 is 0.875 bits per heavy atom. The van der Waals surface area contributed by atoms with Crippen LogP contribution in [0.1, 0.15) is 139 Å². The molecule has 0 fully saturated rings. The van der Waals surface area contributed by atoms with Crippen molar-refractivity contribution in [3.63, 3.8) is 0 Å². The lowest BCUT2D eigenvalue weighted by Gasteiger charge is -2.50. The zero-order valence-electron chi connectivity index (χ0n) is 28.0. The van der Waals surface area contributed by atoms with E-state index in [1.807, 2.05) is 0 Å². The summed E-state index contributed by atoms with van der Waals surface area (Å²) in [7, 11) is 0. The van der Waals surface area contributed by atoms with Crippen LogP contribution in [0.2, 0.25) is 0 Å². The van der Waals surface area contributed by atoms with Crippen LogP contribution >= 0.6 is 0 Å². The van der Waals surface area contributed by atoms with Crippen molar-refractivity contribution < 1.29 is 14.6 Å². The zero-order chi connectivity index (χ0) is 30.9. The molecule has 0 radical (unpaired) electrons. The van der Waals surface area contributed by atoms with Gasteiger partial charge in [0.05, 0.1) is 0 Å². The fraction of sp³-hybridized carbons (Fsp3) is 0.649. The summed E-state index contributed by atoms with van der Waals surface area (Å²) >= 11 is 0. The summed E-state index contributed by atoms with van der Waals surface area (Å²) in [5.41, 5.74) is 3.16. The van der Waals surface area contributed by atoms with Crippen LogP contribution in [0.15, 0.2) is 48.1 Å². The Kier molecular flexibility index (Phi) is 10.1. The molecule has 3 nitrogen and oxygen atoms in total. The molecule has 1 aromatic rings. The summed E-state index contributed by atoms with van der Waals surface area (Å²) in [5.74, 6) is -0.396. The summed E-state index contributed by atoms with van der Waals surface area (Å²) in [5, 5.41) is 12.3. The molecule has 1 aliphatic rings. The maximum absolute atomic E-state index is 13.3. The van der Waals surface area contributed by atoms with Gasteiger partial charge in [0.1, 0.15) is 5.75 Å². The largest absolute Gasteiger partial charge is 0.507 e. The van der Waals surface area contributed by atoms with Crippen LogP contribution in [-0.4, -0.2) is 11.1 Å². The van der Waals surface area contributed by atoms with Gasteiger partial charge in [-0.1, -0.05) is 115 Å². The maximum Gasteiger partial charge on any atom is 0.331 e. The molecular formula is C37H58O3. The fourth-order valence-electron chi connectivity index (χ4n) is 5.71. The first kappa shape index (κ1) is 33.9. The highest BCUT2D eigenvalue weighted by atomic mass is 16.6. The molecule has 0 amide bonds. The Morgan fingerprint density at radius 3 is 1.85 bits per heavy atom. The first-order valence-electron chi connectivity index (χ1n) is 15.5. The fourth-order valence-corrected chi connectivity index (χ4v) is 5.71. The Balaban J connectivity index is 3.27. The van der Waals surface area contributed by atoms with Crippen molar-refractivity contribution in [2.75, 3.05) is 0 Å². The average Bonchev–Trinajstić information content (AvgIpc) is 2.92. The molecule has 2 atom stereocenters. The van der Waals surface area contributed by atoms with E-state index in [2.05, 4.69) is 121 Å². The number of esters is 1. The number of rotatable bonds is 12. The third-order valence-electron chi connectivity index (χ3n) is 10.5. The number of allylic oxidation sites excluding steroid dienone is 2. The lowest BCUT2D eigenvalue weighted by atomic mass is 9.59. The van der Waals surface area contributed by atoms with Crippen molar-refractivity contribution >= 4 is 5.97 Å². The summed E-state index contributed by atoms with van der Waals surface area (Å²) in [6, 6.07) is 4.32. The zero-order valence-corrected chi connectivity index (χ0v) is 28.0. The van der Waals surface area contributed by atoms with Gasteiger partial charge in [-0.15, -0.1) is 0 Å². The number of carbonyl (C=O) groups excluding carboxylic acids is 1. The molecule has 0 saturated carbocycles. The van der Waals surface area contributed by atoms with E-state index < -0.39 is 11.6 Å². The van der Waals surface area contributed by atoms with Gasteiger partial charge in [0.25, 0.3) is 0 Å². The smallest absolute Gasteiger partial charge is 0.331 e. The quantitative estimate of drug-likeness (QED) is 0.208. The van der Waals surface area contributed by atoms with Gasteiger partial charge in [0.15, 0.2) is 5.60 Å². The van der Waals surface area contributed by atoms with E-state index in [1.165, 1.54) is 11.6 Å². The van der Waals surface area contributed by atoms with E-state index in [0.29, 0.717) is 5.56 Å². The van der Waals surface area contributed by atoms with Crippen molar-refractivity contribution in [1.82, 2.24) is 0 Å². The first-order valence-corrected chi connectivity index (χ1v) is 15.5. The Bertz CT molecular complexity index is 1160. The number of hydrogen-bond acceptors (Lipinski definition) is 3. The number of phenolic OH excluding ortho intramolecular Hbond substituents is 1. The molecule has 0 heterocycles. The Labute approximate surface area is 246 Å². The highest BCUT2D eigenvalue weighted by molar-refractivity contribution is 5.82. The third kappa shape index (κ3) is 6.00. The minimum absolute atomic E-state index is 0.0411. The second-order valence-corrected chi connectivity index (χ2v) is 14.4. The van der Waals surface area contributed by atoms with Gasteiger partial charge in [-0.25, -0.2) is 4.79 Å². The van der Waals surface area contributed by atoms with Gasteiger partial charge in [-0.2, -0.15) is 0 Å². The molecule has 0 spiro atoms. The number of carbonyl (C=O) groups is 1. The molecular weight excluding hydrogens is 492 g/mol. The summed E-state index contributed by atoms with van der Waals surface area (Å²) in [6.07, 6.45) is 10.3. The van der Waals surface area contributed by atoms with Crippen LogP contribution in [0.3, 0.4) is 0 Å². The van der Waals surface area contributed by atoms with Crippen molar-refractivity contribution in [2.45, 2.75) is 139 Å².